The van der Waals surface area contributed by atoms with Gasteiger partial charge in [-0.15, -0.1) is 5.10 Å². The molecule has 0 radical (unpaired) electrons. The van der Waals surface area contributed by atoms with E-state index in [-0.39, 0.29) is 11.3 Å². The maximum absolute atomic E-state index is 14.1. The van der Waals surface area contributed by atoms with E-state index in [0.29, 0.717) is 65.1 Å². The first kappa shape index (κ1) is 33.9. The zero-order valence-corrected chi connectivity index (χ0v) is 29.2. The predicted octanol–water partition coefficient (Wildman–Crippen LogP) is 8.38. The van der Waals surface area contributed by atoms with E-state index in [9.17, 15) is 4.79 Å². The van der Waals surface area contributed by atoms with Gasteiger partial charge in [-0.25, -0.2) is 4.68 Å². The zero-order chi connectivity index (χ0) is 33.6. The molecule has 0 saturated carbocycles. The Bertz CT molecular complexity index is 1730. The third kappa shape index (κ3) is 7.93. The van der Waals surface area contributed by atoms with Crippen LogP contribution in [0, 0.1) is 0 Å². The third-order valence-electron chi connectivity index (χ3n) is 7.75. The number of rotatable bonds is 13. The molecule has 0 saturated heterocycles. The van der Waals surface area contributed by atoms with Gasteiger partial charge in [-0.05, 0) is 73.6 Å². The molecule has 1 unspecified atom stereocenters. The second-order valence-electron chi connectivity index (χ2n) is 12.3. The van der Waals surface area contributed by atoms with Crippen LogP contribution in [0.5, 0.6) is 17.2 Å². The van der Waals surface area contributed by atoms with Gasteiger partial charge < -0.3 is 24.8 Å². The van der Waals surface area contributed by atoms with Crippen LogP contribution < -0.4 is 24.8 Å². The van der Waals surface area contributed by atoms with Gasteiger partial charge >= 0.3 is 0 Å². The first-order valence-corrected chi connectivity index (χ1v) is 17.2. The number of carbonyl (C=O) groups excluding carboxylic acids is 1. The van der Waals surface area contributed by atoms with Crippen LogP contribution in [0.4, 0.5) is 11.6 Å². The monoisotopic (exact) mass is 655 g/mol. The molecule has 3 aromatic carbocycles. The average Bonchev–Trinajstić information content (AvgIpc) is 3.45. The standard InChI is InChI=1S/C37H45N5O4S/c1-8-21-47-36-40-35-38-24(4)32(34(43)39-28-13-11-12-14-29(28)44-9-2)33(42(35)41-36)26-17-20-30(31(22-26)45-10-3)46-23-25-15-18-27(19-16-25)37(5,6)7/h11-20,22,33H,8-10,21,23H2,1-7H3,(H,39,43)(H,38,40,41). The summed E-state index contributed by atoms with van der Waals surface area (Å²) >= 11 is 1.59. The Morgan fingerprint density at radius 3 is 2.36 bits per heavy atom. The second kappa shape index (κ2) is 15.0. The van der Waals surface area contributed by atoms with E-state index in [2.05, 4.69) is 62.6 Å². The molecule has 1 atom stereocenters. The van der Waals surface area contributed by atoms with E-state index >= 15 is 0 Å². The maximum atomic E-state index is 14.1. The minimum atomic E-state index is -0.577. The Morgan fingerprint density at radius 2 is 1.66 bits per heavy atom. The minimum Gasteiger partial charge on any atom is -0.492 e. The van der Waals surface area contributed by atoms with Crippen LogP contribution >= 0.6 is 11.8 Å². The lowest BCUT2D eigenvalue weighted by molar-refractivity contribution is -0.113. The lowest BCUT2D eigenvalue weighted by Crippen LogP contribution is -2.31. The Morgan fingerprint density at radius 1 is 0.936 bits per heavy atom. The fourth-order valence-corrected chi connectivity index (χ4v) is 6.06. The van der Waals surface area contributed by atoms with E-state index in [1.54, 1.807) is 16.4 Å². The molecule has 5 rings (SSSR count). The number of nitrogens with one attached hydrogen (secondary N) is 2. The van der Waals surface area contributed by atoms with Gasteiger partial charge in [0, 0.05) is 11.4 Å². The molecule has 1 amide bonds. The van der Waals surface area contributed by atoms with Crippen LogP contribution in [0.15, 0.2) is 83.2 Å². The fraction of sp³-hybridized carbons (Fsp3) is 0.378. The smallest absolute Gasteiger partial charge is 0.255 e. The highest BCUT2D eigenvalue weighted by Gasteiger charge is 2.35. The van der Waals surface area contributed by atoms with Crippen LogP contribution in [0.25, 0.3) is 0 Å². The summed E-state index contributed by atoms with van der Waals surface area (Å²) in [5, 5.41) is 11.9. The first-order valence-electron chi connectivity index (χ1n) is 16.2. The Hall–Kier alpha value is -4.44. The van der Waals surface area contributed by atoms with Gasteiger partial charge in [0.15, 0.2) is 11.5 Å². The van der Waals surface area contributed by atoms with Crippen molar-refractivity contribution in [2.24, 2.45) is 0 Å². The number of carbonyl (C=O) groups is 1. The third-order valence-corrected chi connectivity index (χ3v) is 8.79. The molecule has 1 aromatic heterocycles. The van der Waals surface area contributed by atoms with E-state index in [1.165, 1.54) is 5.56 Å². The lowest BCUT2D eigenvalue weighted by atomic mass is 9.87. The summed E-state index contributed by atoms with van der Waals surface area (Å²) in [4.78, 5) is 18.9. The van der Waals surface area contributed by atoms with Crippen molar-refractivity contribution in [3.63, 3.8) is 0 Å². The van der Waals surface area contributed by atoms with Gasteiger partial charge in [0.05, 0.1) is 24.5 Å². The molecule has 9 nitrogen and oxygen atoms in total. The summed E-state index contributed by atoms with van der Waals surface area (Å²) in [5.41, 5.74) is 5.03. The van der Waals surface area contributed by atoms with Gasteiger partial charge in [-0.3, -0.25) is 4.79 Å². The number of benzene rings is 3. The SMILES string of the molecule is CCCSc1nc2n(n1)C(c1ccc(OCc3ccc(C(C)(C)C)cc3)c(OCC)c1)C(C(=O)Nc1ccccc1OCC)=C(C)N2. The van der Waals surface area contributed by atoms with Crippen molar-refractivity contribution in [3.8, 4) is 17.2 Å². The Kier molecular flexibility index (Phi) is 10.8. The zero-order valence-electron chi connectivity index (χ0n) is 28.3. The fourth-order valence-electron chi connectivity index (χ4n) is 5.37. The maximum Gasteiger partial charge on any atom is 0.255 e. The summed E-state index contributed by atoms with van der Waals surface area (Å²) in [6.07, 6.45) is 0.996. The molecule has 0 aliphatic carbocycles. The molecule has 0 spiro atoms. The van der Waals surface area contributed by atoms with Crippen LogP contribution in [-0.2, 0) is 16.8 Å². The summed E-state index contributed by atoms with van der Waals surface area (Å²) < 4.78 is 20.0. The molecule has 1 aliphatic rings. The summed E-state index contributed by atoms with van der Waals surface area (Å²) in [5.74, 6) is 3.02. The van der Waals surface area contributed by atoms with Gasteiger partial charge in [0.25, 0.3) is 5.91 Å². The number of hydrogen-bond acceptors (Lipinski definition) is 8. The summed E-state index contributed by atoms with van der Waals surface area (Å²) in [7, 11) is 0. The minimum absolute atomic E-state index is 0.0840. The van der Waals surface area contributed by atoms with E-state index in [1.807, 2.05) is 63.2 Å². The van der Waals surface area contributed by atoms with Gasteiger partial charge in [-0.2, -0.15) is 4.98 Å². The van der Waals surface area contributed by atoms with Crippen molar-refractivity contribution in [1.29, 1.82) is 0 Å². The van der Waals surface area contributed by atoms with Crippen LogP contribution in [0.1, 0.15) is 77.6 Å². The van der Waals surface area contributed by atoms with Gasteiger partial charge in [0.2, 0.25) is 11.1 Å². The normalized spacial score (nSPS) is 14.3. The number of fused-ring (bicyclic) bond motifs is 1. The molecule has 4 aromatic rings. The van der Waals surface area contributed by atoms with E-state index in [4.69, 9.17) is 24.3 Å². The molecule has 2 N–H and O–H groups in total. The molecular formula is C37H45N5O4S. The molecular weight excluding hydrogens is 611 g/mol. The van der Waals surface area contributed by atoms with Crippen LogP contribution in [0.2, 0.25) is 0 Å². The number of para-hydroxylation sites is 2. The summed E-state index contributed by atoms with van der Waals surface area (Å²) in [6.45, 7) is 15.8. The number of anilines is 2. The Balaban J connectivity index is 1.50. The van der Waals surface area contributed by atoms with E-state index < -0.39 is 6.04 Å². The predicted molar refractivity (Wildman–Crippen MR) is 189 cm³/mol. The second-order valence-corrected chi connectivity index (χ2v) is 13.4. The number of allylic oxidation sites excluding steroid dienone is 1. The largest absolute Gasteiger partial charge is 0.492 e. The van der Waals surface area contributed by atoms with Crippen molar-refractivity contribution >= 4 is 29.3 Å². The highest BCUT2D eigenvalue weighted by Crippen LogP contribution is 2.40. The highest BCUT2D eigenvalue weighted by atomic mass is 32.2. The highest BCUT2D eigenvalue weighted by molar-refractivity contribution is 7.99. The number of ether oxygens (including phenoxy) is 3. The van der Waals surface area contributed by atoms with Gasteiger partial charge in [-0.1, -0.05) is 81.9 Å². The quantitative estimate of drug-likeness (QED) is 0.139. The molecule has 47 heavy (non-hydrogen) atoms. The van der Waals surface area contributed by atoms with Crippen molar-refractivity contribution in [2.75, 3.05) is 29.6 Å². The van der Waals surface area contributed by atoms with Crippen molar-refractivity contribution in [2.45, 2.75) is 78.1 Å². The van der Waals surface area contributed by atoms with E-state index in [0.717, 1.165) is 23.3 Å². The van der Waals surface area contributed by atoms with Crippen LogP contribution in [0.3, 0.4) is 0 Å². The van der Waals surface area contributed by atoms with Crippen LogP contribution in [-0.4, -0.2) is 39.6 Å². The number of nitrogens with zero attached hydrogens (tertiary/aromatic N) is 3. The molecule has 10 heteroatoms. The average molecular weight is 656 g/mol. The number of aromatic nitrogens is 3. The van der Waals surface area contributed by atoms with Crippen molar-refractivity contribution in [3.05, 3.63) is 94.7 Å². The number of hydrogen-bond donors (Lipinski definition) is 2. The lowest BCUT2D eigenvalue weighted by Gasteiger charge is -2.29. The van der Waals surface area contributed by atoms with Crippen molar-refractivity contribution < 1.29 is 19.0 Å². The summed E-state index contributed by atoms with van der Waals surface area (Å²) in [6, 6.07) is 21.2. The first-order chi connectivity index (χ1) is 22.6. The number of thioether (sulfide) groups is 1. The molecule has 248 valence electrons. The topological polar surface area (TPSA) is 99.5 Å². The Labute approximate surface area is 282 Å². The van der Waals surface area contributed by atoms with Crippen molar-refractivity contribution in [1.82, 2.24) is 14.8 Å². The number of amides is 1. The molecule has 0 fully saturated rings. The molecule has 0 bridgehead atoms. The van der Waals surface area contributed by atoms with Gasteiger partial charge in [0.1, 0.15) is 18.4 Å². The molecule has 1 aliphatic heterocycles. The molecule has 2 heterocycles.